The Bertz CT molecular complexity index is 310. The molecule has 0 aromatic carbocycles. The van der Waals surface area contributed by atoms with E-state index >= 15 is 0 Å². The van der Waals surface area contributed by atoms with E-state index in [0.29, 0.717) is 13.1 Å². The molecule has 1 atom stereocenters. The Kier molecular flexibility index (Phi) is 6.83. The summed E-state index contributed by atoms with van der Waals surface area (Å²) in [4.78, 5) is 24.2. The highest BCUT2D eigenvalue weighted by Gasteiger charge is 2.24. The molecule has 0 aliphatic heterocycles. The lowest BCUT2D eigenvalue weighted by Crippen LogP contribution is -2.46. The van der Waals surface area contributed by atoms with Gasteiger partial charge < -0.3 is 20.1 Å². The monoisotopic (exact) mass is 274 g/mol. The van der Waals surface area contributed by atoms with Gasteiger partial charge in [0, 0.05) is 19.1 Å². The van der Waals surface area contributed by atoms with Gasteiger partial charge >= 0.3 is 12.1 Å². The summed E-state index contributed by atoms with van der Waals surface area (Å²) in [7, 11) is 0. The minimum absolute atomic E-state index is 0.00298. The van der Waals surface area contributed by atoms with Crippen LogP contribution in [0.4, 0.5) is 4.79 Å². The largest absolute Gasteiger partial charge is 0.480 e. The first-order valence-corrected chi connectivity index (χ1v) is 6.50. The molecule has 0 saturated heterocycles. The van der Waals surface area contributed by atoms with E-state index in [-0.39, 0.29) is 12.1 Å². The summed E-state index contributed by atoms with van der Waals surface area (Å²) in [5.74, 6) is -0.909. The number of carboxylic acid groups (broad SMARTS) is 1. The van der Waals surface area contributed by atoms with Crippen molar-refractivity contribution in [3.8, 4) is 0 Å². The van der Waals surface area contributed by atoms with Gasteiger partial charge in [0.2, 0.25) is 0 Å². The molecule has 0 fully saturated rings. The van der Waals surface area contributed by atoms with Crippen molar-refractivity contribution < 1.29 is 19.4 Å². The standard InChI is InChI=1S/C13H26N2O4/c1-9(2)15(12(18)19-13(4,5)6)8-7-14-10(3)11(16)17/h9-10,14H,7-8H2,1-6H3,(H,16,17). The molecule has 0 aliphatic rings. The molecule has 0 radical (unpaired) electrons. The van der Waals surface area contributed by atoms with Crippen molar-refractivity contribution in [2.75, 3.05) is 13.1 Å². The van der Waals surface area contributed by atoms with E-state index in [1.54, 1.807) is 11.8 Å². The second-order valence-electron chi connectivity index (χ2n) is 5.78. The van der Waals surface area contributed by atoms with Crippen LogP contribution in [-0.2, 0) is 9.53 Å². The summed E-state index contributed by atoms with van der Waals surface area (Å²) in [6.45, 7) is 11.6. The number of rotatable bonds is 6. The number of nitrogens with one attached hydrogen (secondary N) is 1. The number of carbonyl (C=O) groups excluding carboxylic acids is 1. The van der Waals surface area contributed by atoms with Crippen LogP contribution in [0.2, 0.25) is 0 Å². The van der Waals surface area contributed by atoms with Crippen molar-refractivity contribution in [1.82, 2.24) is 10.2 Å². The number of carbonyl (C=O) groups is 2. The Labute approximate surface area is 115 Å². The summed E-state index contributed by atoms with van der Waals surface area (Å²) in [5, 5.41) is 11.6. The van der Waals surface area contributed by atoms with Gasteiger partial charge in [-0.3, -0.25) is 4.79 Å². The molecule has 1 amide bonds. The number of aliphatic carboxylic acids is 1. The van der Waals surface area contributed by atoms with Crippen molar-refractivity contribution in [3.05, 3.63) is 0 Å². The summed E-state index contributed by atoms with van der Waals surface area (Å²) in [6, 6.07) is -0.635. The van der Waals surface area contributed by atoms with Gasteiger partial charge in [-0.05, 0) is 41.5 Å². The van der Waals surface area contributed by atoms with Crippen molar-refractivity contribution in [3.63, 3.8) is 0 Å². The molecule has 0 aliphatic carbocycles. The maximum Gasteiger partial charge on any atom is 0.410 e. The van der Waals surface area contributed by atoms with Crippen LogP contribution in [0.1, 0.15) is 41.5 Å². The molecule has 0 saturated carbocycles. The Hall–Kier alpha value is -1.30. The zero-order valence-electron chi connectivity index (χ0n) is 12.7. The van der Waals surface area contributed by atoms with Gasteiger partial charge in [-0.25, -0.2) is 4.79 Å². The molecule has 19 heavy (non-hydrogen) atoms. The Morgan fingerprint density at radius 2 is 1.79 bits per heavy atom. The Balaban J connectivity index is 4.35. The highest BCUT2D eigenvalue weighted by atomic mass is 16.6. The lowest BCUT2D eigenvalue weighted by atomic mass is 10.2. The van der Waals surface area contributed by atoms with Gasteiger partial charge in [0.15, 0.2) is 0 Å². The average Bonchev–Trinajstić information content (AvgIpc) is 2.20. The van der Waals surface area contributed by atoms with E-state index < -0.39 is 17.6 Å². The fraction of sp³-hybridized carbons (Fsp3) is 0.846. The maximum atomic E-state index is 12.0. The van der Waals surface area contributed by atoms with Crippen LogP contribution in [0.25, 0.3) is 0 Å². The van der Waals surface area contributed by atoms with E-state index in [9.17, 15) is 9.59 Å². The fourth-order valence-corrected chi connectivity index (χ4v) is 1.37. The molecule has 0 aromatic rings. The van der Waals surface area contributed by atoms with Crippen molar-refractivity contribution >= 4 is 12.1 Å². The first-order valence-electron chi connectivity index (χ1n) is 6.50. The number of hydrogen-bond donors (Lipinski definition) is 2. The zero-order chi connectivity index (χ0) is 15.2. The zero-order valence-corrected chi connectivity index (χ0v) is 12.7. The lowest BCUT2D eigenvalue weighted by molar-refractivity contribution is -0.138. The Morgan fingerprint density at radius 1 is 1.26 bits per heavy atom. The summed E-state index contributed by atoms with van der Waals surface area (Å²) in [6.07, 6.45) is -0.382. The number of carboxylic acids is 1. The third kappa shape index (κ3) is 7.66. The number of amides is 1. The molecule has 0 rings (SSSR count). The highest BCUT2D eigenvalue weighted by molar-refractivity contribution is 5.72. The minimum Gasteiger partial charge on any atom is -0.480 e. The number of hydrogen-bond acceptors (Lipinski definition) is 4. The number of ether oxygens (including phenoxy) is 1. The van der Waals surface area contributed by atoms with Gasteiger partial charge in [0.1, 0.15) is 11.6 Å². The summed E-state index contributed by atoms with van der Waals surface area (Å²) >= 11 is 0. The minimum atomic E-state index is -0.909. The molecule has 0 aromatic heterocycles. The van der Waals surface area contributed by atoms with E-state index in [2.05, 4.69) is 5.32 Å². The normalized spacial score (nSPS) is 13.2. The molecule has 0 spiro atoms. The fourth-order valence-electron chi connectivity index (χ4n) is 1.37. The van der Waals surface area contributed by atoms with Crippen LogP contribution in [0, 0.1) is 0 Å². The van der Waals surface area contributed by atoms with Crippen LogP contribution in [0.5, 0.6) is 0 Å². The molecule has 1 unspecified atom stereocenters. The van der Waals surface area contributed by atoms with Crippen LogP contribution in [0.3, 0.4) is 0 Å². The first-order chi connectivity index (χ1) is 8.54. The highest BCUT2D eigenvalue weighted by Crippen LogP contribution is 2.11. The lowest BCUT2D eigenvalue weighted by Gasteiger charge is -2.30. The van der Waals surface area contributed by atoms with E-state index in [0.717, 1.165) is 0 Å². The molecule has 0 bridgehead atoms. The van der Waals surface area contributed by atoms with Crippen LogP contribution >= 0.6 is 0 Å². The van der Waals surface area contributed by atoms with E-state index in [4.69, 9.17) is 9.84 Å². The van der Waals surface area contributed by atoms with Gasteiger partial charge in [0.25, 0.3) is 0 Å². The summed E-state index contributed by atoms with van der Waals surface area (Å²) in [5.41, 5.74) is -0.536. The third-order valence-corrected chi connectivity index (χ3v) is 2.43. The molecular weight excluding hydrogens is 248 g/mol. The van der Waals surface area contributed by atoms with Gasteiger partial charge in [-0.1, -0.05) is 0 Å². The van der Waals surface area contributed by atoms with Crippen molar-refractivity contribution in [2.45, 2.75) is 59.2 Å². The number of nitrogens with zero attached hydrogens (tertiary/aromatic N) is 1. The van der Waals surface area contributed by atoms with E-state index in [1.165, 1.54) is 0 Å². The van der Waals surface area contributed by atoms with Crippen LogP contribution < -0.4 is 5.32 Å². The first kappa shape index (κ1) is 17.7. The molecule has 6 heteroatoms. The van der Waals surface area contributed by atoms with E-state index in [1.807, 2.05) is 34.6 Å². The average molecular weight is 274 g/mol. The SMILES string of the molecule is CC(NCCN(C(=O)OC(C)(C)C)C(C)C)C(=O)O. The third-order valence-electron chi connectivity index (χ3n) is 2.43. The van der Waals surface area contributed by atoms with Crippen LogP contribution in [-0.4, -0.2) is 52.8 Å². The second kappa shape index (κ2) is 7.33. The van der Waals surface area contributed by atoms with Crippen molar-refractivity contribution in [1.29, 1.82) is 0 Å². The molecule has 112 valence electrons. The maximum absolute atomic E-state index is 12.0. The second-order valence-corrected chi connectivity index (χ2v) is 5.78. The van der Waals surface area contributed by atoms with Crippen molar-refractivity contribution in [2.24, 2.45) is 0 Å². The van der Waals surface area contributed by atoms with Gasteiger partial charge in [-0.15, -0.1) is 0 Å². The quantitative estimate of drug-likeness (QED) is 0.770. The predicted molar refractivity (Wildman–Crippen MR) is 73.2 cm³/mol. The predicted octanol–water partition coefficient (Wildman–Crippen LogP) is 1.69. The molecule has 0 heterocycles. The smallest absolute Gasteiger partial charge is 0.410 e. The van der Waals surface area contributed by atoms with Crippen LogP contribution in [0.15, 0.2) is 0 Å². The molecule has 2 N–H and O–H groups in total. The van der Waals surface area contributed by atoms with Gasteiger partial charge in [-0.2, -0.15) is 0 Å². The topological polar surface area (TPSA) is 78.9 Å². The Morgan fingerprint density at radius 3 is 2.16 bits per heavy atom. The summed E-state index contributed by atoms with van der Waals surface area (Å²) < 4.78 is 5.31. The molecule has 6 nitrogen and oxygen atoms in total. The molecular formula is C13H26N2O4. The van der Waals surface area contributed by atoms with Gasteiger partial charge in [0.05, 0.1) is 0 Å².